The van der Waals surface area contributed by atoms with Crippen molar-refractivity contribution in [3.05, 3.63) is 82.6 Å². The number of ether oxygens (including phenoxy) is 1. The van der Waals surface area contributed by atoms with Gasteiger partial charge in [-0.15, -0.1) is 0 Å². The van der Waals surface area contributed by atoms with Gasteiger partial charge in [0.1, 0.15) is 53.5 Å². The lowest BCUT2D eigenvalue weighted by molar-refractivity contribution is -0.155. The first-order chi connectivity index (χ1) is 33.7. The molecule has 0 saturated carbocycles. The minimum Gasteiger partial charge on any atom is -0.508 e. The Balaban J connectivity index is 0.829. The highest BCUT2D eigenvalue weighted by molar-refractivity contribution is 6.03. The Morgan fingerprint density at radius 1 is 0.529 bits per heavy atom. The highest BCUT2D eigenvalue weighted by Crippen LogP contribution is 2.49. The number of nitrogens with zero attached hydrogens (tertiary/aromatic N) is 6. The number of aliphatic carboxylic acids is 1. The monoisotopic (exact) mass is 960 g/mol. The van der Waals surface area contributed by atoms with Crippen LogP contribution in [0.2, 0.25) is 0 Å². The van der Waals surface area contributed by atoms with Crippen molar-refractivity contribution in [2.45, 2.75) is 119 Å². The van der Waals surface area contributed by atoms with Crippen LogP contribution in [-0.2, 0) is 33.6 Å². The molecule has 6 amide bonds. The number of rotatable bonds is 9. The first-order valence-corrected chi connectivity index (χ1v) is 24.6. The van der Waals surface area contributed by atoms with Gasteiger partial charge in [-0.3, -0.25) is 33.6 Å². The van der Waals surface area contributed by atoms with Crippen LogP contribution in [-0.4, -0.2) is 173 Å². The molecule has 10 rings (SSSR count). The largest absolute Gasteiger partial charge is 0.508 e. The molecule has 19 heteroatoms. The third-order valence-electron chi connectivity index (χ3n) is 15.8. The number of carbonyl (C=O) groups excluding carboxylic acids is 7. The van der Waals surface area contributed by atoms with Crippen LogP contribution in [0.3, 0.4) is 0 Å². The van der Waals surface area contributed by atoms with Crippen LogP contribution in [0.5, 0.6) is 11.5 Å². The summed E-state index contributed by atoms with van der Waals surface area (Å²) in [7, 11) is 0. The van der Waals surface area contributed by atoms with Gasteiger partial charge in [0.25, 0.3) is 5.91 Å². The lowest BCUT2D eigenvalue weighted by Gasteiger charge is -2.37. The molecule has 2 unspecified atom stereocenters. The van der Waals surface area contributed by atoms with E-state index in [4.69, 9.17) is 4.74 Å². The van der Waals surface area contributed by atoms with E-state index in [1.807, 2.05) is 0 Å². The van der Waals surface area contributed by atoms with Gasteiger partial charge in [0.2, 0.25) is 29.5 Å². The molecular weight excluding hydrogens is 905 g/mol. The standard InChI is InChI=1S/C51H56N6O13/c58-29-14-17-32-41(26-29)70-42-27-30(59)15-18-33(42)43(32)31-16-13-28(25-34(31)50(66)67)44(60)52-19-1-7-35(52)45(61)53-20-2-8-36(53)46(62)54-21-3-9-37(54)47(63)55-22-4-10-38(55)48(64)56-23-5-11-39(56)49(65)57-24-6-12-40(57)51(68)69/h13-18,25-27,32,35-40,43,59H,1-12,19-24H2,(H,66,67)(H,68,69)/t32?,35-,36-,37-,38-,39-,40-,43?/m0/s1. The average Bonchev–Trinajstić information content (AvgIpc) is 4.22. The molecule has 70 heavy (non-hydrogen) atoms. The molecule has 6 fully saturated rings. The predicted octanol–water partition coefficient (Wildman–Crippen LogP) is 2.90. The molecule has 7 heterocycles. The molecular formula is C51H56N6O13. The Kier molecular flexibility index (Phi) is 12.5. The zero-order valence-corrected chi connectivity index (χ0v) is 38.7. The van der Waals surface area contributed by atoms with Gasteiger partial charge in [0.15, 0.2) is 5.78 Å². The molecule has 368 valence electrons. The number of carboxylic acids is 2. The summed E-state index contributed by atoms with van der Waals surface area (Å²) in [6.45, 7) is 1.71. The van der Waals surface area contributed by atoms with E-state index < -0.39 is 71.8 Å². The van der Waals surface area contributed by atoms with Crippen LogP contribution in [0.25, 0.3) is 0 Å². The molecule has 3 N–H and O–H groups in total. The summed E-state index contributed by atoms with van der Waals surface area (Å²) in [5.74, 6) is -5.78. The zero-order chi connectivity index (χ0) is 49.1. The van der Waals surface area contributed by atoms with E-state index in [-0.39, 0.29) is 71.7 Å². The van der Waals surface area contributed by atoms with Crippen molar-refractivity contribution in [2.24, 2.45) is 5.92 Å². The van der Waals surface area contributed by atoms with Crippen molar-refractivity contribution in [3.63, 3.8) is 0 Å². The van der Waals surface area contributed by atoms with Crippen LogP contribution < -0.4 is 4.74 Å². The summed E-state index contributed by atoms with van der Waals surface area (Å²) in [5, 5.41) is 30.5. The predicted molar refractivity (Wildman–Crippen MR) is 245 cm³/mol. The number of hydrogen-bond acceptors (Lipinski definition) is 11. The van der Waals surface area contributed by atoms with E-state index in [1.54, 1.807) is 18.2 Å². The number of hydrogen-bond donors (Lipinski definition) is 3. The van der Waals surface area contributed by atoms with Crippen molar-refractivity contribution in [2.75, 3.05) is 39.3 Å². The molecule has 19 nitrogen and oxygen atoms in total. The minimum absolute atomic E-state index is 0.0559. The summed E-state index contributed by atoms with van der Waals surface area (Å²) in [6.07, 6.45) is 9.86. The summed E-state index contributed by atoms with van der Waals surface area (Å²) in [6, 6.07) is 3.69. The third-order valence-corrected chi connectivity index (χ3v) is 15.8. The lowest BCUT2D eigenvalue weighted by Crippen LogP contribution is -2.58. The number of benzene rings is 2. The maximum Gasteiger partial charge on any atom is 0.336 e. The van der Waals surface area contributed by atoms with Gasteiger partial charge in [-0.05, 0) is 107 Å². The number of carbonyl (C=O) groups is 9. The summed E-state index contributed by atoms with van der Waals surface area (Å²) in [5.41, 5.74) is 0.837. The van der Waals surface area contributed by atoms with Crippen LogP contribution in [0.15, 0.2) is 60.4 Å². The minimum atomic E-state index is -1.29. The Morgan fingerprint density at radius 3 is 1.43 bits per heavy atom. The topological polar surface area (TPSA) is 243 Å². The van der Waals surface area contributed by atoms with Gasteiger partial charge in [-0.2, -0.15) is 0 Å². The van der Waals surface area contributed by atoms with Gasteiger partial charge in [0, 0.05) is 74.4 Å². The summed E-state index contributed by atoms with van der Waals surface area (Å²) < 4.78 is 6.00. The molecule has 0 bridgehead atoms. The number of aromatic hydroxyl groups is 1. The normalized spacial score (nSPS) is 28.2. The number of aromatic carboxylic acids is 1. The van der Waals surface area contributed by atoms with E-state index >= 15 is 0 Å². The van der Waals surface area contributed by atoms with Crippen LogP contribution in [0.4, 0.5) is 0 Å². The Morgan fingerprint density at radius 2 is 0.957 bits per heavy atom. The fourth-order valence-corrected chi connectivity index (χ4v) is 12.5. The Labute approximate surface area is 403 Å². The first kappa shape index (κ1) is 46.7. The zero-order valence-electron chi connectivity index (χ0n) is 38.7. The summed E-state index contributed by atoms with van der Waals surface area (Å²) >= 11 is 0. The number of amides is 6. The number of phenols is 1. The Hall–Kier alpha value is -7.05. The van der Waals surface area contributed by atoms with E-state index in [0.29, 0.717) is 114 Å². The van der Waals surface area contributed by atoms with Gasteiger partial charge in [-0.25, -0.2) is 9.59 Å². The molecule has 8 atom stereocenters. The highest BCUT2D eigenvalue weighted by Gasteiger charge is 2.50. The molecule has 8 aliphatic rings. The molecule has 7 aliphatic heterocycles. The van der Waals surface area contributed by atoms with Crippen LogP contribution in [0.1, 0.15) is 115 Å². The molecule has 2 aromatic rings. The second kappa shape index (κ2) is 18.7. The van der Waals surface area contributed by atoms with Gasteiger partial charge >= 0.3 is 11.9 Å². The van der Waals surface area contributed by atoms with Gasteiger partial charge in [0.05, 0.1) is 5.56 Å². The molecule has 1 aliphatic carbocycles. The smallest absolute Gasteiger partial charge is 0.336 e. The van der Waals surface area contributed by atoms with Crippen LogP contribution >= 0.6 is 0 Å². The SMILES string of the molecule is O=C1C=CC2C(=C1)Oc1cc(O)ccc1C2c1ccc(C(=O)N2CCC[C@H]2C(=O)N2CCC[C@H]2C(=O)N2CCC[C@H]2C(=O)N2CCC[C@H]2C(=O)N2CCC[C@H]2C(=O)N2CCC[C@H]2C(=O)O)cc1C(=O)O. The van der Waals surface area contributed by atoms with Crippen molar-refractivity contribution < 1.29 is 63.2 Å². The Bertz CT molecular complexity index is 2650. The molecule has 6 saturated heterocycles. The number of phenolic OH excluding ortho intramolecular Hbond substituents is 1. The van der Waals surface area contributed by atoms with Crippen molar-refractivity contribution in [1.82, 2.24) is 29.4 Å². The molecule has 0 spiro atoms. The van der Waals surface area contributed by atoms with Crippen molar-refractivity contribution >= 4 is 53.2 Å². The molecule has 0 aromatic heterocycles. The van der Waals surface area contributed by atoms with E-state index in [2.05, 4.69) is 0 Å². The van der Waals surface area contributed by atoms with Gasteiger partial charge < -0.3 is 49.5 Å². The third kappa shape index (κ3) is 8.15. The van der Waals surface area contributed by atoms with Gasteiger partial charge in [-0.1, -0.05) is 18.2 Å². The lowest BCUT2D eigenvalue weighted by atomic mass is 9.74. The second-order valence-corrected chi connectivity index (χ2v) is 19.7. The number of ketones is 1. The number of carboxylic acid groups (broad SMARTS) is 2. The molecule has 0 radical (unpaired) electrons. The first-order valence-electron chi connectivity index (χ1n) is 24.6. The maximum absolute atomic E-state index is 14.6. The highest BCUT2D eigenvalue weighted by atomic mass is 16.5. The quantitative estimate of drug-likeness (QED) is 0.328. The summed E-state index contributed by atoms with van der Waals surface area (Å²) in [4.78, 5) is 132. The van der Waals surface area contributed by atoms with Crippen molar-refractivity contribution in [3.8, 4) is 11.5 Å². The van der Waals surface area contributed by atoms with E-state index in [9.17, 15) is 58.5 Å². The fourth-order valence-electron chi connectivity index (χ4n) is 12.5. The molecule has 2 aromatic carbocycles. The number of fused-ring (bicyclic) bond motifs is 2. The van der Waals surface area contributed by atoms with E-state index in [1.165, 1.54) is 65.8 Å². The maximum atomic E-state index is 14.6. The van der Waals surface area contributed by atoms with Crippen molar-refractivity contribution in [1.29, 1.82) is 0 Å². The van der Waals surface area contributed by atoms with Crippen LogP contribution in [0, 0.1) is 5.92 Å². The average molecular weight is 961 g/mol. The number of likely N-dealkylation sites (tertiary alicyclic amines) is 6. The second-order valence-electron chi connectivity index (χ2n) is 19.7. The van der Waals surface area contributed by atoms with E-state index in [0.717, 1.165) is 0 Å². The number of allylic oxidation sites excluding steroid dienone is 3. The fraction of sp³-hybridized carbons (Fsp3) is 0.510.